The molecule has 0 aliphatic carbocycles. The van der Waals surface area contributed by atoms with E-state index in [0.29, 0.717) is 17.9 Å². The van der Waals surface area contributed by atoms with Crippen LogP contribution in [0.15, 0.2) is 24.3 Å². The minimum Gasteiger partial charge on any atom is -0.496 e. The van der Waals surface area contributed by atoms with E-state index >= 15 is 0 Å². The molecule has 1 N–H and O–H groups in total. The molecule has 0 aromatic heterocycles. The lowest BCUT2D eigenvalue weighted by molar-refractivity contribution is -0.137. The topological polar surface area (TPSA) is 21.3 Å². The standard InChI is InChI=1S/C12H14F3NO/c1-16-7-3-4-9-8-10(12(13,14)15)5-6-11(9)17-2/h3-6,8,16H,7H2,1-2H3. The summed E-state index contributed by atoms with van der Waals surface area (Å²) in [4.78, 5) is 0. The first kappa shape index (κ1) is 13.6. The molecule has 0 bridgehead atoms. The van der Waals surface area contributed by atoms with Crippen molar-refractivity contribution < 1.29 is 17.9 Å². The van der Waals surface area contributed by atoms with E-state index < -0.39 is 11.7 Å². The Morgan fingerprint density at radius 3 is 2.59 bits per heavy atom. The summed E-state index contributed by atoms with van der Waals surface area (Å²) in [5.74, 6) is 0.422. The van der Waals surface area contributed by atoms with Crippen LogP contribution in [0.5, 0.6) is 5.75 Å². The average Bonchev–Trinajstić information content (AvgIpc) is 2.28. The third-order valence-corrected chi connectivity index (χ3v) is 2.18. The molecule has 1 aromatic carbocycles. The molecule has 0 radical (unpaired) electrons. The van der Waals surface area contributed by atoms with Gasteiger partial charge in [0.2, 0.25) is 0 Å². The number of hydrogen-bond donors (Lipinski definition) is 1. The van der Waals surface area contributed by atoms with Crippen molar-refractivity contribution in [2.24, 2.45) is 0 Å². The quantitative estimate of drug-likeness (QED) is 0.880. The fourth-order valence-corrected chi connectivity index (χ4v) is 1.34. The van der Waals surface area contributed by atoms with Crippen LogP contribution in [-0.4, -0.2) is 20.7 Å². The summed E-state index contributed by atoms with van der Waals surface area (Å²) in [5.41, 5.74) is -0.264. The van der Waals surface area contributed by atoms with Gasteiger partial charge in [0.1, 0.15) is 5.75 Å². The number of halogens is 3. The largest absolute Gasteiger partial charge is 0.496 e. The molecule has 0 fully saturated rings. The van der Waals surface area contributed by atoms with Gasteiger partial charge in [0, 0.05) is 12.1 Å². The van der Waals surface area contributed by atoms with Crippen LogP contribution in [-0.2, 0) is 6.18 Å². The molecule has 2 nitrogen and oxygen atoms in total. The smallest absolute Gasteiger partial charge is 0.416 e. The van der Waals surface area contributed by atoms with Crippen LogP contribution in [0.4, 0.5) is 13.2 Å². The predicted molar refractivity (Wildman–Crippen MR) is 61.0 cm³/mol. The Hall–Kier alpha value is -1.49. The Balaban J connectivity index is 3.07. The van der Waals surface area contributed by atoms with Crippen molar-refractivity contribution in [3.63, 3.8) is 0 Å². The Bertz CT molecular complexity index is 399. The third kappa shape index (κ3) is 3.78. The summed E-state index contributed by atoms with van der Waals surface area (Å²) in [7, 11) is 3.19. The molecule has 0 atom stereocenters. The van der Waals surface area contributed by atoms with Crippen LogP contribution >= 0.6 is 0 Å². The molecule has 0 amide bonds. The van der Waals surface area contributed by atoms with E-state index in [4.69, 9.17) is 4.74 Å². The zero-order chi connectivity index (χ0) is 12.9. The zero-order valence-electron chi connectivity index (χ0n) is 9.64. The molecule has 94 valence electrons. The maximum absolute atomic E-state index is 12.5. The maximum atomic E-state index is 12.5. The van der Waals surface area contributed by atoms with E-state index in [9.17, 15) is 13.2 Å². The lowest BCUT2D eigenvalue weighted by Crippen LogP contribution is -2.06. The first-order chi connectivity index (χ1) is 7.99. The Kier molecular flexibility index (Phi) is 4.57. The normalized spacial score (nSPS) is 12.1. The van der Waals surface area contributed by atoms with Crippen molar-refractivity contribution in [3.8, 4) is 5.75 Å². The molecule has 17 heavy (non-hydrogen) atoms. The fourth-order valence-electron chi connectivity index (χ4n) is 1.34. The van der Waals surface area contributed by atoms with Gasteiger partial charge in [-0.1, -0.05) is 12.2 Å². The van der Waals surface area contributed by atoms with Gasteiger partial charge in [0.25, 0.3) is 0 Å². The van der Waals surface area contributed by atoms with E-state index in [1.54, 1.807) is 19.2 Å². The van der Waals surface area contributed by atoms with Crippen LogP contribution in [0.25, 0.3) is 6.08 Å². The summed E-state index contributed by atoms with van der Waals surface area (Å²) in [6.45, 7) is 0.583. The van der Waals surface area contributed by atoms with Crippen molar-refractivity contribution in [2.75, 3.05) is 20.7 Å². The van der Waals surface area contributed by atoms with E-state index in [-0.39, 0.29) is 0 Å². The number of ether oxygens (including phenoxy) is 1. The highest BCUT2D eigenvalue weighted by Crippen LogP contribution is 2.32. The number of nitrogens with one attached hydrogen (secondary N) is 1. The van der Waals surface area contributed by atoms with Crippen molar-refractivity contribution in [3.05, 3.63) is 35.4 Å². The first-order valence-electron chi connectivity index (χ1n) is 5.05. The Morgan fingerprint density at radius 2 is 2.06 bits per heavy atom. The second-order valence-electron chi connectivity index (χ2n) is 3.41. The molecule has 5 heteroatoms. The van der Waals surface area contributed by atoms with Gasteiger partial charge in [-0.25, -0.2) is 0 Å². The highest BCUT2D eigenvalue weighted by atomic mass is 19.4. The first-order valence-corrected chi connectivity index (χ1v) is 5.05. The Morgan fingerprint density at radius 1 is 1.35 bits per heavy atom. The number of hydrogen-bond acceptors (Lipinski definition) is 2. The minimum absolute atomic E-state index is 0.414. The highest BCUT2D eigenvalue weighted by molar-refractivity contribution is 5.58. The predicted octanol–water partition coefficient (Wildman–Crippen LogP) is 2.95. The van der Waals surface area contributed by atoms with E-state index in [2.05, 4.69) is 5.32 Å². The fraction of sp³-hybridized carbons (Fsp3) is 0.333. The Labute approximate surface area is 98.1 Å². The molecule has 0 saturated heterocycles. The SMILES string of the molecule is CNCC=Cc1cc(C(F)(F)F)ccc1OC. The van der Waals surface area contributed by atoms with Crippen molar-refractivity contribution in [2.45, 2.75) is 6.18 Å². The van der Waals surface area contributed by atoms with Gasteiger partial charge in [0.15, 0.2) is 0 Å². The third-order valence-electron chi connectivity index (χ3n) is 2.18. The second kappa shape index (κ2) is 5.72. The van der Waals surface area contributed by atoms with Crippen LogP contribution in [0.3, 0.4) is 0 Å². The molecular weight excluding hydrogens is 231 g/mol. The molecule has 0 unspecified atom stereocenters. The minimum atomic E-state index is -4.34. The number of likely N-dealkylation sites (N-methyl/N-ethyl adjacent to an activating group) is 1. The average molecular weight is 245 g/mol. The summed E-state index contributed by atoms with van der Waals surface area (Å²) >= 11 is 0. The molecule has 0 aliphatic rings. The molecule has 0 spiro atoms. The molecule has 1 rings (SSSR count). The second-order valence-corrected chi connectivity index (χ2v) is 3.41. The summed E-state index contributed by atoms with van der Waals surface area (Å²) in [6.07, 6.45) is -1.000. The summed E-state index contributed by atoms with van der Waals surface area (Å²) in [6, 6.07) is 3.40. The van der Waals surface area contributed by atoms with E-state index in [0.717, 1.165) is 12.1 Å². The van der Waals surface area contributed by atoms with E-state index in [1.165, 1.54) is 13.2 Å². The molecule has 0 saturated carbocycles. The molecule has 1 aromatic rings. The van der Waals surface area contributed by atoms with Gasteiger partial charge < -0.3 is 10.1 Å². The maximum Gasteiger partial charge on any atom is 0.416 e. The number of alkyl halides is 3. The van der Waals surface area contributed by atoms with Gasteiger partial charge in [-0.3, -0.25) is 0 Å². The number of methoxy groups -OCH3 is 1. The zero-order valence-corrected chi connectivity index (χ0v) is 9.64. The summed E-state index contributed by atoms with van der Waals surface area (Å²) < 4.78 is 42.5. The van der Waals surface area contributed by atoms with Gasteiger partial charge in [-0.05, 0) is 25.2 Å². The van der Waals surface area contributed by atoms with Crippen LogP contribution < -0.4 is 10.1 Å². The summed E-state index contributed by atoms with van der Waals surface area (Å²) in [5, 5.41) is 2.87. The lowest BCUT2D eigenvalue weighted by Gasteiger charge is -2.10. The van der Waals surface area contributed by atoms with Gasteiger partial charge in [-0.2, -0.15) is 13.2 Å². The highest BCUT2D eigenvalue weighted by Gasteiger charge is 2.30. The van der Waals surface area contributed by atoms with Gasteiger partial charge >= 0.3 is 6.18 Å². The van der Waals surface area contributed by atoms with Gasteiger partial charge in [0.05, 0.1) is 12.7 Å². The molecule has 0 aliphatic heterocycles. The lowest BCUT2D eigenvalue weighted by atomic mass is 10.1. The van der Waals surface area contributed by atoms with Crippen molar-refractivity contribution in [1.82, 2.24) is 5.32 Å². The van der Waals surface area contributed by atoms with Crippen LogP contribution in [0.1, 0.15) is 11.1 Å². The molecule has 0 heterocycles. The van der Waals surface area contributed by atoms with Crippen LogP contribution in [0.2, 0.25) is 0 Å². The van der Waals surface area contributed by atoms with E-state index in [1.807, 2.05) is 0 Å². The monoisotopic (exact) mass is 245 g/mol. The number of benzene rings is 1. The van der Waals surface area contributed by atoms with Crippen LogP contribution in [0, 0.1) is 0 Å². The van der Waals surface area contributed by atoms with Crippen molar-refractivity contribution >= 4 is 6.08 Å². The molecular formula is C12H14F3NO. The number of rotatable bonds is 4. The van der Waals surface area contributed by atoms with Gasteiger partial charge in [-0.15, -0.1) is 0 Å². The van der Waals surface area contributed by atoms with Crippen molar-refractivity contribution in [1.29, 1.82) is 0 Å².